The van der Waals surface area contributed by atoms with Gasteiger partial charge in [-0.1, -0.05) is 6.07 Å². The van der Waals surface area contributed by atoms with Crippen LogP contribution in [0.2, 0.25) is 0 Å². The molecule has 22 heavy (non-hydrogen) atoms. The maximum Gasteiger partial charge on any atom is 0.239 e. The number of nitrogens with one attached hydrogen (secondary N) is 1. The minimum Gasteiger partial charge on any atom is -0.376 e. The average molecular weight is 323 g/mol. The average Bonchev–Trinajstić information content (AvgIpc) is 3.13. The van der Waals surface area contributed by atoms with Crippen molar-refractivity contribution in [3.63, 3.8) is 0 Å². The zero-order chi connectivity index (χ0) is 15.5. The number of carbonyl (C=O) groups excluding carboxylic acids is 1. The second-order valence-electron chi connectivity index (χ2n) is 6.22. The summed E-state index contributed by atoms with van der Waals surface area (Å²) in [5, 5.41) is 5.62. The Morgan fingerprint density at radius 3 is 3.00 bits per heavy atom. The maximum absolute atomic E-state index is 12.1. The Kier molecular flexibility index (Phi) is 5.13. The monoisotopic (exact) mass is 323 g/mol. The third-order valence-electron chi connectivity index (χ3n) is 4.57. The molecule has 0 aromatic carbocycles. The summed E-state index contributed by atoms with van der Waals surface area (Å²) in [6.07, 6.45) is 1.18. The molecule has 3 rings (SSSR count). The molecule has 1 amide bonds. The van der Waals surface area contributed by atoms with Gasteiger partial charge in [-0.25, -0.2) is 0 Å². The fourth-order valence-electron chi connectivity index (χ4n) is 3.28. The van der Waals surface area contributed by atoms with Crippen LogP contribution in [0.3, 0.4) is 0 Å². The zero-order valence-corrected chi connectivity index (χ0v) is 14.1. The van der Waals surface area contributed by atoms with Gasteiger partial charge >= 0.3 is 0 Å². The second-order valence-corrected chi connectivity index (χ2v) is 7.20. The van der Waals surface area contributed by atoms with E-state index in [2.05, 4.69) is 34.7 Å². The highest BCUT2D eigenvalue weighted by atomic mass is 32.1. The third-order valence-corrected chi connectivity index (χ3v) is 5.54. The Morgan fingerprint density at radius 2 is 2.36 bits per heavy atom. The summed E-state index contributed by atoms with van der Waals surface area (Å²) in [5.41, 5.74) is 0. The van der Waals surface area contributed by atoms with Gasteiger partial charge in [-0.15, -0.1) is 11.3 Å². The number of carbonyl (C=O) groups is 1. The summed E-state index contributed by atoms with van der Waals surface area (Å²) in [4.78, 5) is 17.7. The number of likely N-dealkylation sites (tertiary alicyclic amines) is 1. The van der Waals surface area contributed by atoms with Gasteiger partial charge in [0.2, 0.25) is 5.91 Å². The number of likely N-dealkylation sites (N-methyl/N-ethyl adjacent to an activating group) is 1. The molecule has 5 nitrogen and oxygen atoms in total. The molecule has 0 spiro atoms. The Bertz CT molecular complexity index is 494. The van der Waals surface area contributed by atoms with Crippen molar-refractivity contribution in [1.29, 1.82) is 0 Å². The Hall–Kier alpha value is -0.950. The Labute approximate surface area is 136 Å². The molecule has 3 atom stereocenters. The van der Waals surface area contributed by atoms with Crippen LogP contribution in [0, 0.1) is 0 Å². The standard InChI is InChI=1S/C16H25N3O2S/c1-12-11-19(7-8-21-12)14(15-4-3-9-22-15)10-17-13-5-6-18(2)16(13)20/h3-4,9,12-14,17H,5-8,10-11H2,1-2H3/t12-,13+,14+/m1/s1. The molecule has 3 heterocycles. The smallest absolute Gasteiger partial charge is 0.239 e. The predicted molar refractivity (Wildman–Crippen MR) is 88.1 cm³/mol. The first-order valence-corrected chi connectivity index (χ1v) is 8.90. The summed E-state index contributed by atoms with van der Waals surface area (Å²) in [5.74, 6) is 0.222. The van der Waals surface area contributed by atoms with E-state index in [4.69, 9.17) is 4.74 Å². The van der Waals surface area contributed by atoms with Crippen molar-refractivity contribution >= 4 is 17.2 Å². The first-order chi connectivity index (χ1) is 10.6. The molecule has 2 fully saturated rings. The van der Waals surface area contributed by atoms with Crippen LogP contribution in [0.15, 0.2) is 17.5 Å². The highest BCUT2D eigenvalue weighted by molar-refractivity contribution is 7.10. The van der Waals surface area contributed by atoms with Crippen LogP contribution in [0.25, 0.3) is 0 Å². The maximum atomic E-state index is 12.1. The van der Waals surface area contributed by atoms with Crippen LogP contribution < -0.4 is 5.32 Å². The van der Waals surface area contributed by atoms with E-state index in [1.165, 1.54) is 4.88 Å². The minimum absolute atomic E-state index is 0.0223. The molecule has 6 heteroatoms. The third kappa shape index (κ3) is 3.51. The molecule has 2 aliphatic rings. The summed E-state index contributed by atoms with van der Waals surface area (Å²) >= 11 is 1.79. The fraction of sp³-hybridized carbons (Fsp3) is 0.688. The summed E-state index contributed by atoms with van der Waals surface area (Å²) in [6, 6.07) is 4.60. The quantitative estimate of drug-likeness (QED) is 0.888. The van der Waals surface area contributed by atoms with Gasteiger partial charge in [0.05, 0.1) is 24.8 Å². The van der Waals surface area contributed by atoms with Gasteiger partial charge in [0.25, 0.3) is 0 Å². The van der Waals surface area contributed by atoms with Crippen LogP contribution in [0.5, 0.6) is 0 Å². The van der Waals surface area contributed by atoms with E-state index in [9.17, 15) is 4.79 Å². The van der Waals surface area contributed by atoms with E-state index < -0.39 is 0 Å². The SMILES string of the molecule is C[C@@H]1CN([C@@H](CN[C@H]2CCN(C)C2=O)c2cccs2)CCO1. The van der Waals surface area contributed by atoms with Gasteiger partial charge in [0.15, 0.2) is 0 Å². The highest BCUT2D eigenvalue weighted by Crippen LogP contribution is 2.27. The van der Waals surface area contributed by atoms with Crippen molar-refractivity contribution in [2.45, 2.75) is 31.5 Å². The number of amides is 1. The molecule has 0 radical (unpaired) electrons. The number of rotatable bonds is 5. The summed E-state index contributed by atoms with van der Waals surface area (Å²) in [6.45, 7) is 6.48. The molecule has 2 aliphatic heterocycles. The van der Waals surface area contributed by atoms with E-state index in [0.29, 0.717) is 6.04 Å². The number of ether oxygens (including phenoxy) is 1. The lowest BCUT2D eigenvalue weighted by Crippen LogP contribution is -2.47. The highest BCUT2D eigenvalue weighted by Gasteiger charge is 2.31. The van der Waals surface area contributed by atoms with Crippen LogP contribution in [-0.4, -0.2) is 67.7 Å². The van der Waals surface area contributed by atoms with E-state index >= 15 is 0 Å². The van der Waals surface area contributed by atoms with Crippen molar-refractivity contribution in [2.75, 3.05) is 39.8 Å². The molecule has 0 bridgehead atoms. The Morgan fingerprint density at radius 1 is 1.50 bits per heavy atom. The van der Waals surface area contributed by atoms with Gasteiger partial charge in [0.1, 0.15) is 0 Å². The van der Waals surface area contributed by atoms with E-state index in [-0.39, 0.29) is 18.1 Å². The van der Waals surface area contributed by atoms with Gasteiger partial charge in [-0.2, -0.15) is 0 Å². The first-order valence-electron chi connectivity index (χ1n) is 8.02. The van der Waals surface area contributed by atoms with Crippen LogP contribution in [0.1, 0.15) is 24.3 Å². The normalized spacial score (nSPS) is 28.3. The molecule has 0 aliphatic carbocycles. The number of hydrogen-bond acceptors (Lipinski definition) is 5. The summed E-state index contributed by atoms with van der Waals surface area (Å²) < 4.78 is 5.67. The molecule has 1 aromatic rings. The molecule has 1 aromatic heterocycles. The van der Waals surface area contributed by atoms with Crippen molar-refractivity contribution in [2.24, 2.45) is 0 Å². The molecular weight excluding hydrogens is 298 g/mol. The van der Waals surface area contributed by atoms with Gasteiger partial charge in [-0.05, 0) is 24.8 Å². The number of hydrogen-bond donors (Lipinski definition) is 1. The van der Waals surface area contributed by atoms with Crippen molar-refractivity contribution in [1.82, 2.24) is 15.1 Å². The lowest BCUT2D eigenvalue weighted by molar-refractivity contribution is -0.128. The largest absolute Gasteiger partial charge is 0.376 e. The van der Waals surface area contributed by atoms with Crippen LogP contribution >= 0.6 is 11.3 Å². The lowest BCUT2D eigenvalue weighted by Gasteiger charge is -2.37. The van der Waals surface area contributed by atoms with E-state index in [1.54, 1.807) is 11.3 Å². The van der Waals surface area contributed by atoms with Crippen LogP contribution in [0.4, 0.5) is 0 Å². The minimum atomic E-state index is -0.0223. The number of nitrogens with zero attached hydrogens (tertiary/aromatic N) is 2. The topological polar surface area (TPSA) is 44.8 Å². The number of thiophene rings is 1. The molecule has 0 saturated carbocycles. The van der Waals surface area contributed by atoms with Crippen LogP contribution in [-0.2, 0) is 9.53 Å². The van der Waals surface area contributed by atoms with Gasteiger partial charge in [0, 0.05) is 38.1 Å². The van der Waals surface area contributed by atoms with Crippen molar-refractivity contribution < 1.29 is 9.53 Å². The zero-order valence-electron chi connectivity index (χ0n) is 13.3. The predicted octanol–water partition coefficient (Wildman–Crippen LogP) is 1.33. The van der Waals surface area contributed by atoms with Gasteiger partial charge in [-0.3, -0.25) is 9.69 Å². The van der Waals surface area contributed by atoms with E-state index in [0.717, 1.165) is 39.2 Å². The fourth-order valence-corrected chi connectivity index (χ4v) is 4.15. The van der Waals surface area contributed by atoms with Crippen molar-refractivity contribution in [3.05, 3.63) is 22.4 Å². The first kappa shape index (κ1) is 15.9. The number of morpholine rings is 1. The van der Waals surface area contributed by atoms with E-state index in [1.807, 2.05) is 11.9 Å². The lowest BCUT2D eigenvalue weighted by atomic mass is 10.1. The molecule has 122 valence electrons. The molecular formula is C16H25N3O2S. The van der Waals surface area contributed by atoms with Gasteiger partial charge < -0.3 is 15.0 Å². The summed E-state index contributed by atoms with van der Waals surface area (Å²) in [7, 11) is 1.88. The molecule has 1 N–H and O–H groups in total. The van der Waals surface area contributed by atoms with Crippen molar-refractivity contribution in [3.8, 4) is 0 Å². The molecule has 0 unspecified atom stereocenters. The second kappa shape index (κ2) is 7.08. The molecule has 2 saturated heterocycles. The Balaban J connectivity index is 1.65.